The lowest BCUT2D eigenvalue weighted by atomic mass is 10.1. The first-order valence-corrected chi connectivity index (χ1v) is 5.87. The van der Waals surface area contributed by atoms with Crippen molar-refractivity contribution in [2.24, 2.45) is 0 Å². The molecule has 2 heterocycles. The number of aromatic nitrogens is 2. The number of furan rings is 1. The Kier molecular flexibility index (Phi) is 2.29. The number of methoxy groups -OCH3 is 1. The molecule has 5 heteroatoms. The van der Waals surface area contributed by atoms with E-state index in [1.165, 1.54) is 7.11 Å². The van der Waals surface area contributed by atoms with Crippen LogP contribution in [0.1, 0.15) is 24.4 Å². The Morgan fingerprint density at radius 1 is 1.56 bits per heavy atom. The van der Waals surface area contributed by atoms with Gasteiger partial charge in [0, 0.05) is 5.69 Å². The normalized spacial score (nSPS) is 16.6. The minimum absolute atomic E-state index is 0.220. The number of aromatic amines is 1. The highest BCUT2D eigenvalue weighted by Crippen LogP contribution is 2.48. The quantitative estimate of drug-likeness (QED) is 0.843. The second kappa shape index (κ2) is 3.73. The van der Waals surface area contributed by atoms with Crippen LogP contribution in [0.4, 0.5) is 0 Å². The van der Waals surface area contributed by atoms with Crippen molar-refractivity contribution in [3.05, 3.63) is 29.9 Å². The van der Waals surface area contributed by atoms with E-state index in [-0.39, 0.29) is 5.97 Å². The van der Waals surface area contributed by atoms with Crippen molar-refractivity contribution >= 4 is 5.97 Å². The molecule has 0 aliphatic heterocycles. The Morgan fingerprint density at radius 3 is 2.89 bits per heavy atom. The van der Waals surface area contributed by atoms with Gasteiger partial charge in [0.15, 0.2) is 5.76 Å². The molecule has 0 spiro atoms. The van der Waals surface area contributed by atoms with Gasteiger partial charge in [-0.05, 0) is 31.9 Å². The van der Waals surface area contributed by atoms with E-state index in [0.29, 0.717) is 11.6 Å². The van der Waals surface area contributed by atoms with Crippen LogP contribution in [-0.4, -0.2) is 23.0 Å². The van der Waals surface area contributed by atoms with Gasteiger partial charge in [-0.1, -0.05) is 0 Å². The first kappa shape index (κ1) is 11.1. The van der Waals surface area contributed by atoms with Gasteiger partial charge in [-0.2, -0.15) is 0 Å². The molecule has 0 atom stereocenters. The Hall–Kier alpha value is -2.04. The summed E-state index contributed by atoms with van der Waals surface area (Å²) < 4.78 is 10.2. The number of H-pyrrole nitrogens is 1. The van der Waals surface area contributed by atoms with Gasteiger partial charge in [0.05, 0.1) is 13.4 Å². The van der Waals surface area contributed by atoms with E-state index >= 15 is 0 Å². The summed E-state index contributed by atoms with van der Waals surface area (Å²) in [5.74, 6) is 1.16. The van der Waals surface area contributed by atoms with Gasteiger partial charge in [0.2, 0.25) is 0 Å². The summed E-state index contributed by atoms with van der Waals surface area (Å²) in [5, 5.41) is 0. The number of carbonyl (C=O) groups excluding carboxylic acids is 1. The van der Waals surface area contributed by atoms with Crippen molar-refractivity contribution in [3.63, 3.8) is 0 Å². The molecule has 0 amide bonds. The van der Waals surface area contributed by atoms with Gasteiger partial charge >= 0.3 is 5.97 Å². The number of rotatable bonds is 3. The lowest BCUT2D eigenvalue weighted by Crippen LogP contribution is -2.23. The highest BCUT2D eigenvalue weighted by molar-refractivity contribution is 5.85. The zero-order valence-electron chi connectivity index (χ0n) is 10.3. The maximum Gasteiger partial charge on any atom is 0.319 e. The van der Waals surface area contributed by atoms with Crippen LogP contribution in [0.15, 0.2) is 22.8 Å². The molecular weight excluding hydrogens is 232 g/mol. The Balaban J connectivity index is 2.01. The minimum atomic E-state index is -0.565. The van der Waals surface area contributed by atoms with Crippen LogP contribution in [-0.2, 0) is 14.9 Å². The molecule has 2 aromatic heterocycles. The summed E-state index contributed by atoms with van der Waals surface area (Å²) in [6.07, 6.45) is 3.17. The van der Waals surface area contributed by atoms with Gasteiger partial charge in [0.25, 0.3) is 0 Å². The number of nitrogens with zero attached hydrogens (tertiary/aromatic N) is 1. The maximum absolute atomic E-state index is 11.8. The largest absolute Gasteiger partial charge is 0.468 e. The predicted octanol–water partition coefficient (Wildman–Crippen LogP) is 2.18. The van der Waals surface area contributed by atoms with Crippen LogP contribution in [0.3, 0.4) is 0 Å². The van der Waals surface area contributed by atoms with E-state index in [1.807, 2.05) is 19.1 Å². The molecule has 1 fully saturated rings. The average Bonchev–Trinajstić information content (AvgIpc) is 2.83. The molecule has 0 saturated heterocycles. The zero-order valence-corrected chi connectivity index (χ0v) is 10.3. The third-order valence-electron chi connectivity index (χ3n) is 3.42. The number of esters is 1. The third-order valence-corrected chi connectivity index (χ3v) is 3.42. The first-order valence-electron chi connectivity index (χ1n) is 5.87. The van der Waals surface area contributed by atoms with Gasteiger partial charge in [-0.25, -0.2) is 4.98 Å². The number of carbonyl (C=O) groups is 1. The fraction of sp³-hybridized carbons (Fsp3) is 0.385. The molecule has 18 heavy (non-hydrogen) atoms. The van der Waals surface area contributed by atoms with Gasteiger partial charge in [0.1, 0.15) is 16.9 Å². The summed E-state index contributed by atoms with van der Waals surface area (Å²) in [6, 6.07) is 3.67. The molecule has 5 nitrogen and oxygen atoms in total. The summed E-state index contributed by atoms with van der Waals surface area (Å²) in [7, 11) is 1.41. The fourth-order valence-electron chi connectivity index (χ4n) is 2.20. The van der Waals surface area contributed by atoms with Crippen LogP contribution in [0.2, 0.25) is 0 Å². The van der Waals surface area contributed by atoms with E-state index in [2.05, 4.69) is 9.97 Å². The first-order chi connectivity index (χ1) is 8.67. The Bertz CT molecular complexity index is 579. The summed E-state index contributed by atoms with van der Waals surface area (Å²) in [6.45, 7) is 1.92. The van der Waals surface area contributed by atoms with E-state index in [9.17, 15) is 4.79 Å². The third kappa shape index (κ3) is 1.47. The molecular formula is C13H14N2O3. The number of hydrogen-bond acceptors (Lipinski definition) is 4. The fourth-order valence-corrected chi connectivity index (χ4v) is 2.20. The Morgan fingerprint density at radius 2 is 2.33 bits per heavy atom. The maximum atomic E-state index is 11.8. The van der Waals surface area contributed by atoms with E-state index in [4.69, 9.17) is 9.15 Å². The molecule has 94 valence electrons. The van der Waals surface area contributed by atoms with Crippen molar-refractivity contribution in [1.29, 1.82) is 0 Å². The molecule has 0 bridgehead atoms. The molecule has 1 aliphatic rings. The topological polar surface area (TPSA) is 68.1 Å². The smallest absolute Gasteiger partial charge is 0.319 e. The summed E-state index contributed by atoms with van der Waals surface area (Å²) >= 11 is 0. The summed E-state index contributed by atoms with van der Waals surface area (Å²) in [5.41, 5.74) is 1.09. The second-order valence-electron chi connectivity index (χ2n) is 4.61. The van der Waals surface area contributed by atoms with Gasteiger partial charge < -0.3 is 14.1 Å². The molecule has 0 aromatic carbocycles. The Labute approximate surface area is 104 Å². The van der Waals surface area contributed by atoms with Crippen LogP contribution in [0.5, 0.6) is 0 Å². The number of imidazole rings is 1. The number of aryl methyl sites for hydroxylation is 1. The van der Waals surface area contributed by atoms with Crippen molar-refractivity contribution in [2.45, 2.75) is 25.2 Å². The summed E-state index contributed by atoms with van der Waals surface area (Å²) in [4.78, 5) is 19.5. The number of ether oxygens (including phenoxy) is 1. The lowest BCUT2D eigenvalue weighted by Gasteiger charge is -2.08. The van der Waals surface area contributed by atoms with E-state index in [0.717, 1.165) is 24.2 Å². The molecule has 0 radical (unpaired) electrons. The monoisotopic (exact) mass is 246 g/mol. The SMILES string of the molecule is COC(=O)C1(c2nc(-c3ccco3)c(C)[nH]2)CC1. The van der Waals surface area contributed by atoms with Crippen LogP contribution in [0, 0.1) is 6.92 Å². The number of nitrogens with one attached hydrogen (secondary N) is 1. The van der Waals surface area contributed by atoms with Crippen molar-refractivity contribution in [3.8, 4) is 11.5 Å². The van der Waals surface area contributed by atoms with Crippen LogP contribution < -0.4 is 0 Å². The second-order valence-corrected chi connectivity index (χ2v) is 4.61. The molecule has 1 aliphatic carbocycles. The average molecular weight is 246 g/mol. The van der Waals surface area contributed by atoms with E-state index in [1.54, 1.807) is 6.26 Å². The lowest BCUT2D eigenvalue weighted by molar-refractivity contribution is -0.143. The molecule has 2 aromatic rings. The van der Waals surface area contributed by atoms with Crippen molar-refractivity contribution in [1.82, 2.24) is 9.97 Å². The molecule has 3 rings (SSSR count). The predicted molar refractivity (Wildman–Crippen MR) is 64.0 cm³/mol. The molecule has 1 N–H and O–H groups in total. The molecule has 1 saturated carbocycles. The standard InChI is InChI=1S/C13H14N2O3/c1-8-10(9-4-3-7-18-9)15-11(14-8)13(5-6-13)12(16)17-2/h3-4,7H,5-6H2,1-2H3,(H,14,15). The van der Waals surface area contributed by atoms with Crippen molar-refractivity contribution < 1.29 is 13.9 Å². The zero-order chi connectivity index (χ0) is 12.8. The number of hydrogen-bond donors (Lipinski definition) is 1. The van der Waals surface area contributed by atoms with E-state index < -0.39 is 5.41 Å². The molecule has 0 unspecified atom stereocenters. The highest BCUT2D eigenvalue weighted by atomic mass is 16.5. The van der Waals surface area contributed by atoms with Crippen molar-refractivity contribution in [2.75, 3.05) is 7.11 Å². The van der Waals surface area contributed by atoms with Crippen LogP contribution >= 0.6 is 0 Å². The highest BCUT2D eigenvalue weighted by Gasteiger charge is 2.55. The minimum Gasteiger partial charge on any atom is -0.468 e. The van der Waals surface area contributed by atoms with Crippen LogP contribution in [0.25, 0.3) is 11.5 Å². The van der Waals surface area contributed by atoms with Gasteiger partial charge in [-0.15, -0.1) is 0 Å². The van der Waals surface area contributed by atoms with Gasteiger partial charge in [-0.3, -0.25) is 4.79 Å².